The molecule has 1 saturated heterocycles. The lowest BCUT2D eigenvalue weighted by Crippen LogP contribution is -2.29. The number of likely N-dealkylation sites (tertiary alicyclic amines) is 1. The Morgan fingerprint density at radius 1 is 1.08 bits per heavy atom. The maximum absolute atomic E-state index is 12.4. The van der Waals surface area contributed by atoms with Gasteiger partial charge in [-0.05, 0) is 69.7 Å². The first-order valence-electron chi connectivity index (χ1n) is 9.80. The molecule has 0 spiro atoms. The summed E-state index contributed by atoms with van der Waals surface area (Å²) in [5.74, 6) is -0.0223. The van der Waals surface area contributed by atoms with Gasteiger partial charge in [0.25, 0.3) is 5.91 Å². The topological polar surface area (TPSA) is 61.4 Å². The van der Waals surface area contributed by atoms with Gasteiger partial charge in [0.1, 0.15) is 0 Å². The molecule has 0 atom stereocenters. The Balaban J connectivity index is 1.43. The van der Waals surface area contributed by atoms with Crippen LogP contribution in [0.15, 0.2) is 35.9 Å². The number of anilines is 1. The van der Waals surface area contributed by atoms with Crippen molar-refractivity contribution in [3.63, 3.8) is 0 Å². The van der Waals surface area contributed by atoms with Crippen LogP contribution in [-0.2, 0) is 4.79 Å². The SMILES string of the molecule is O=C(CNCCC1=CCCCC1)Nc1cccc(C(=O)N2CCCC2)c1. The Bertz CT molecular complexity index is 663. The van der Waals surface area contributed by atoms with Crippen molar-refractivity contribution >= 4 is 17.5 Å². The molecule has 1 fully saturated rings. The van der Waals surface area contributed by atoms with Gasteiger partial charge in [0.2, 0.25) is 5.91 Å². The van der Waals surface area contributed by atoms with Gasteiger partial charge >= 0.3 is 0 Å². The Hall–Kier alpha value is -2.14. The highest BCUT2D eigenvalue weighted by Gasteiger charge is 2.19. The van der Waals surface area contributed by atoms with Gasteiger partial charge < -0.3 is 15.5 Å². The second kappa shape index (κ2) is 9.53. The van der Waals surface area contributed by atoms with Gasteiger partial charge in [-0.15, -0.1) is 0 Å². The lowest BCUT2D eigenvalue weighted by Gasteiger charge is -2.16. The molecule has 140 valence electrons. The van der Waals surface area contributed by atoms with Crippen LogP contribution in [0.3, 0.4) is 0 Å². The minimum atomic E-state index is -0.0756. The fourth-order valence-corrected chi connectivity index (χ4v) is 3.62. The minimum Gasteiger partial charge on any atom is -0.339 e. The molecular weight excluding hydrogens is 326 g/mol. The van der Waals surface area contributed by atoms with Crippen LogP contribution in [-0.4, -0.2) is 42.9 Å². The summed E-state index contributed by atoms with van der Waals surface area (Å²) in [6, 6.07) is 7.23. The molecule has 0 bridgehead atoms. The van der Waals surface area contributed by atoms with Crippen molar-refractivity contribution in [3.8, 4) is 0 Å². The molecule has 1 aromatic rings. The molecule has 5 heteroatoms. The van der Waals surface area contributed by atoms with E-state index in [0.717, 1.165) is 38.9 Å². The number of carbonyl (C=O) groups excluding carboxylic acids is 2. The second-order valence-electron chi connectivity index (χ2n) is 7.16. The summed E-state index contributed by atoms with van der Waals surface area (Å²) in [5, 5.41) is 6.09. The van der Waals surface area contributed by atoms with Crippen LogP contribution in [0.2, 0.25) is 0 Å². The van der Waals surface area contributed by atoms with Crippen LogP contribution in [0.5, 0.6) is 0 Å². The van der Waals surface area contributed by atoms with E-state index in [1.54, 1.807) is 6.07 Å². The van der Waals surface area contributed by atoms with Gasteiger partial charge in [-0.2, -0.15) is 0 Å². The van der Waals surface area contributed by atoms with Crippen molar-refractivity contribution in [3.05, 3.63) is 41.5 Å². The van der Waals surface area contributed by atoms with Crippen molar-refractivity contribution in [2.75, 3.05) is 31.5 Å². The number of hydrogen-bond acceptors (Lipinski definition) is 3. The Morgan fingerprint density at radius 3 is 2.69 bits per heavy atom. The van der Waals surface area contributed by atoms with E-state index in [1.807, 2.05) is 23.1 Å². The summed E-state index contributed by atoms with van der Waals surface area (Å²) in [6.07, 6.45) is 10.5. The molecule has 1 aliphatic carbocycles. The molecule has 0 unspecified atom stereocenters. The van der Waals surface area contributed by atoms with E-state index < -0.39 is 0 Å². The number of nitrogens with one attached hydrogen (secondary N) is 2. The lowest BCUT2D eigenvalue weighted by atomic mass is 9.97. The van der Waals surface area contributed by atoms with Crippen LogP contribution in [0.4, 0.5) is 5.69 Å². The van der Waals surface area contributed by atoms with Crippen molar-refractivity contribution in [1.82, 2.24) is 10.2 Å². The molecule has 0 radical (unpaired) electrons. The summed E-state index contributed by atoms with van der Waals surface area (Å²) in [6.45, 7) is 2.77. The zero-order valence-electron chi connectivity index (χ0n) is 15.4. The average molecular weight is 355 g/mol. The van der Waals surface area contributed by atoms with Crippen molar-refractivity contribution in [2.24, 2.45) is 0 Å². The van der Waals surface area contributed by atoms with Crippen molar-refractivity contribution in [1.29, 1.82) is 0 Å². The van der Waals surface area contributed by atoms with Gasteiger partial charge in [0.15, 0.2) is 0 Å². The fourth-order valence-electron chi connectivity index (χ4n) is 3.62. The third-order valence-electron chi connectivity index (χ3n) is 5.08. The Kier molecular flexibility index (Phi) is 6.83. The van der Waals surface area contributed by atoms with E-state index in [9.17, 15) is 9.59 Å². The maximum Gasteiger partial charge on any atom is 0.253 e. The number of carbonyl (C=O) groups is 2. The predicted octanol–water partition coefficient (Wildman–Crippen LogP) is 3.34. The van der Waals surface area contributed by atoms with E-state index in [1.165, 1.54) is 31.3 Å². The van der Waals surface area contributed by atoms with Crippen molar-refractivity contribution < 1.29 is 9.59 Å². The highest BCUT2D eigenvalue weighted by atomic mass is 16.2. The van der Waals surface area contributed by atoms with E-state index >= 15 is 0 Å². The Labute approximate surface area is 155 Å². The molecule has 1 aliphatic heterocycles. The molecular formula is C21H29N3O2. The van der Waals surface area contributed by atoms with Gasteiger partial charge in [-0.1, -0.05) is 17.7 Å². The van der Waals surface area contributed by atoms with Gasteiger partial charge in [0.05, 0.1) is 6.54 Å². The summed E-state index contributed by atoms with van der Waals surface area (Å²) in [4.78, 5) is 26.4. The monoisotopic (exact) mass is 355 g/mol. The van der Waals surface area contributed by atoms with E-state index in [4.69, 9.17) is 0 Å². The molecule has 2 aliphatic rings. The van der Waals surface area contributed by atoms with Crippen LogP contribution in [0.25, 0.3) is 0 Å². The molecule has 3 rings (SSSR count). The number of amides is 2. The summed E-state index contributed by atoms with van der Waals surface area (Å²) in [5.41, 5.74) is 2.83. The predicted molar refractivity (Wildman–Crippen MR) is 104 cm³/mol. The molecule has 2 amide bonds. The molecule has 5 nitrogen and oxygen atoms in total. The molecule has 2 N–H and O–H groups in total. The highest BCUT2D eigenvalue weighted by molar-refractivity contribution is 5.97. The quantitative estimate of drug-likeness (QED) is 0.582. The van der Waals surface area contributed by atoms with Crippen LogP contribution < -0.4 is 10.6 Å². The molecule has 0 saturated carbocycles. The minimum absolute atomic E-state index is 0.0532. The van der Waals surface area contributed by atoms with Gasteiger partial charge in [0, 0.05) is 24.3 Å². The number of allylic oxidation sites excluding steroid dienone is 1. The van der Waals surface area contributed by atoms with Gasteiger partial charge in [-0.25, -0.2) is 0 Å². The number of benzene rings is 1. The number of nitrogens with zero attached hydrogens (tertiary/aromatic N) is 1. The summed E-state index contributed by atoms with van der Waals surface area (Å²) >= 11 is 0. The molecule has 1 aromatic carbocycles. The second-order valence-corrected chi connectivity index (χ2v) is 7.16. The first-order valence-corrected chi connectivity index (χ1v) is 9.80. The highest BCUT2D eigenvalue weighted by Crippen LogP contribution is 2.19. The maximum atomic E-state index is 12.4. The van der Waals surface area contributed by atoms with Crippen LogP contribution in [0, 0.1) is 0 Å². The fraction of sp³-hybridized carbons (Fsp3) is 0.524. The van der Waals surface area contributed by atoms with Crippen molar-refractivity contribution in [2.45, 2.75) is 44.9 Å². The van der Waals surface area contributed by atoms with E-state index in [0.29, 0.717) is 11.3 Å². The zero-order chi connectivity index (χ0) is 18.2. The summed E-state index contributed by atoms with van der Waals surface area (Å²) in [7, 11) is 0. The van der Waals surface area contributed by atoms with Crippen LogP contribution >= 0.6 is 0 Å². The lowest BCUT2D eigenvalue weighted by molar-refractivity contribution is -0.115. The number of rotatable bonds is 7. The average Bonchev–Trinajstić information content (AvgIpc) is 3.20. The largest absolute Gasteiger partial charge is 0.339 e. The summed E-state index contributed by atoms with van der Waals surface area (Å²) < 4.78 is 0. The van der Waals surface area contributed by atoms with Gasteiger partial charge in [-0.3, -0.25) is 9.59 Å². The standard InChI is InChI=1S/C21H29N3O2/c25-20(16-22-12-11-17-7-2-1-3-8-17)23-19-10-6-9-18(15-19)21(26)24-13-4-5-14-24/h6-7,9-10,15,22H,1-5,8,11-14,16H2,(H,23,25). The first-order chi connectivity index (χ1) is 12.7. The van der Waals surface area contributed by atoms with Crippen LogP contribution in [0.1, 0.15) is 55.3 Å². The smallest absolute Gasteiger partial charge is 0.253 e. The third-order valence-corrected chi connectivity index (χ3v) is 5.08. The molecule has 1 heterocycles. The van der Waals surface area contributed by atoms with E-state index in [-0.39, 0.29) is 18.4 Å². The molecule has 26 heavy (non-hydrogen) atoms. The van der Waals surface area contributed by atoms with E-state index in [2.05, 4.69) is 16.7 Å². The Morgan fingerprint density at radius 2 is 1.92 bits per heavy atom. The first kappa shape index (κ1) is 18.6. The third kappa shape index (κ3) is 5.43. The normalized spacial score (nSPS) is 17.1. The number of hydrogen-bond donors (Lipinski definition) is 2. The molecule has 0 aromatic heterocycles. The zero-order valence-corrected chi connectivity index (χ0v) is 15.4.